The Labute approximate surface area is 210 Å². The number of nitrogens with zero attached hydrogens (tertiary/aromatic N) is 1. The van der Waals surface area contributed by atoms with Crippen molar-refractivity contribution in [1.82, 2.24) is 4.98 Å². The van der Waals surface area contributed by atoms with E-state index in [0.29, 0.717) is 30.1 Å². The van der Waals surface area contributed by atoms with Crippen LogP contribution in [0, 0.1) is 34.0 Å². The van der Waals surface area contributed by atoms with E-state index in [4.69, 9.17) is 14.2 Å². The fraction of sp³-hybridized carbons (Fsp3) is 0.793. The van der Waals surface area contributed by atoms with Gasteiger partial charge in [0.1, 0.15) is 11.3 Å². The first-order valence-electron chi connectivity index (χ1n) is 13.7. The molecule has 0 bridgehead atoms. The van der Waals surface area contributed by atoms with Crippen LogP contribution >= 0.6 is 0 Å². The minimum Gasteiger partial charge on any atom is -0.493 e. The number of fused-ring (bicyclic) bond motifs is 3. The summed E-state index contributed by atoms with van der Waals surface area (Å²) in [5, 5.41) is 9.47. The molecule has 3 saturated carbocycles. The molecule has 5 rings (SSSR count). The van der Waals surface area contributed by atoms with Gasteiger partial charge in [0.05, 0.1) is 19.3 Å². The Bertz CT molecular complexity index is 927. The number of hydrogen-bond acceptors (Lipinski definition) is 5. The number of hydrogen-bond donors (Lipinski definition) is 1. The second-order valence-corrected chi connectivity index (χ2v) is 12.8. The summed E-state index contributed by atoms with van der Waals surface area (Å²) in [5.41, 5.74) is 0.547. The van der Waals surface area contributed by atoms with Crippen molar-refractivity contribution in [2.24, 2.45) is 34.0 Å². The van der Waals surface area contributed by atoms with Gasteiger partial charge in [-0.15, -0.1) is 0 Å². The van der Waals surface area contributed by atoms with Crippen molar-refractivity contribution in [1.29, 1.82) is 0 Å². The molecule has 3 aliphatic carbocycles. The van der Waals surface area contributed by atoms with Gasteiger partial charge in [0.2, 0.25) is 0 Å². The van der Waals surface area contributed by atoms with Crippen molar-refractivity contribution in [3.05, 3.63) is 24.0 Å². The summed E-state index contributed by atoms with van der Waals surface area (Å²) in [7, 11) is 0. The van der Waals surface area contributed by atoms with Gasteiger partial charge in [-0.05, 0) is 73.7 Å². The van der Waals surface area contributed by atoms with Crippen LogP contribution < -0.4 is 4.74 Å². The van der Waals surface area contributed by atoms with E-state index < -0.39 is 5.97 Å². The van der Waals surface area contributed by atoms with E-state index in [1.807, 2.05) is 0 Å². The molecule has 0 amide bonds. The van der Waals surface area contributed by atoms with E-state index in [2.05, 4.69) is 32.7 Å². The molecule has 1 aliphatic heterocycles. The predicted octanol–water partition coefficient (Wildman–Crippen LogP) is 6.34. The molecule has 1 unspecified atom stereocenters. The average molecular weight is 486 g/mol. The number of ether oxygens (including phenoxy) is 3. The summed E-state index contributed by atoms with van der Waals surface area (Å²) >= 11 is 0. The van der Waals surface area contributed by atoms with Crippen LogP contribution in [0.25, 0.3) is 0 Å². The van der Waals surface area contributed by atoms with Gasteiger partial charge in [-0.25, -0.2) is 4.79 Å². The number of aromatic carboxylic acids is 1. The lowest BCUT2D eigenvalue weighted by Gasteiger charge is -2.65. The van der Waals surface area contributed by atoms with Crippen LogP contribution in [-0.4, -0.2) is 41.7 Å². The number of carboxylic acid groups (broad SMARTS) is 1. The second-order valence-electron chi connectivity index (χ2n) is 12.8. The van der Waals surface area contributed by atoms with Gasteiger partial charge in [0, 0.05) is 23.7 Å². The van der Waals surface area contributed by atoms with Gasteiger partial charge in [-0.3, -0.25) is 4.98 Å². The highest BCUT2D eigenvalue weighted by Gasteiger charge is 2.62. The highest BCUT2D eigenvalue weighted by atomic mass is 16.7. The highest BCUT2D eigenvalue weighted by Crippen LogP contribution is 2.66. The van der Waals surface area contributed by atoms with Crippen LogP contribution in [0.5, 0.6) is 5.75 Å². The quantitative estimate of drug-likeness (QED) is 0.507. The summed E-state index contributed by atoms with van der Waals surface area (Å²) in [5.74, 6) is 1.01. The molecule has 2 heterocycles. The molecule has 6 heteroatoms. The van der Waals surface area contributed by atoms with Crippen LogP contribution in [0.15, 0.2) is 18.5 Å². The van der Waals surface area contributed by atoms with Gasteiger partial charge in [-0.1, -0.05) is 40.5 Å². The van der Waals surface area contributed by atoms with Gasteiger partial charge >= 0.3 is 5.97 Å². The average Bonchev–Trinajstić information content (AvgIpc) is 3.35. The largest absolute Gasteiger partial charge is 0.493 e. The lowest BCUT2D eigenvalue weighted by Crippen LogP contribution is -2.63. The smallest absolute Gasteiger partial charge is 0.341 e. The maximum absolute atomic E-state index is 11.6. The zero-order chi connectivity index (χ0) is 24.8. The Morgan fingerprint density at radius 1 is 1.11 bits per heavy atom. The van der Waals surface area contributed by atoms with E-state index in [9.17, 15) is 9.90 Å². The van der Waals surface area contributed by atoms with E-state index in [1.165, 1.54) is 51.1 Å². The molecule has 6 atom stereocenters. The summed E-state index contributed by atoms with van der Waals surface area (Å²) < 4.78 is 19.3. The third-order valence-corrected chi connectivity index (χ3v) is 10.4. The standard InChI is InChI=1S/C29H43NO5/c1-27(2)13-9-23-28(3,22(27)12-16-33-21-11-15-30-17-20(21)25(31)32)14-10-24-29(23,4)18-34-26(35-24)19-7-5-6-8-19/h11,15,17,19,22-24,26H,5-10,12-14,16,18H2,1-4H3,(H,31,32)/t22-,23?,24-,26-,28+,29+/m1/s1. The minimum atomic E-state index is -1.00. The fourth-order valence-electron chi connectivity index (χ4n) is 8.62. The number of carbonyl (C=O) groups is 1. The predicted molar refractivity (Wildman–Crippen MR) is 133 cm³/mol. The molecule has 0 spiro atoms. The topological polar surface area (TPSA) is 77.9 Å². The second kappa shape index (κ2) is 9.33. The maximum Gasteiger partial charge on any atom is 0.341 e. The Hall–Kier alpha value is -1.66. The first-order valence-corrected chi connectivity index (χ1v) is 13.7. The fourth-order valence-corrected chi connectivity index (χ4v) is 8.62. The first-order chi connectivity index (χ1) is 16.6. The number of aromatic nitrogens is 1. The van der Waals surface area contributed by atoms with Gasteiger partial charge < -0.3 is 19.3 Å². The number of rotatable bonds is 6. The molecule has 1 aromatic heterocycles. The third kappa shape index (κ3) is 4.39. The van der Waals surface area contributed by atoms with E-state index >= 15 is 0 Å². The Morgan fingerprint density at radius 3 is 2.63 bits per heavy atom. The van der Waals surface area contributed by atoms with Gasteiger partial charge in [0.15, 0.2) is 6.29 Å². The monoisotopic (exact) mass is 485 g/mol. The lowest BCUT2D eigenvalue weighted by atomic mass is 9.42. The molecule has 1 aromatic rings. The van der Waals surface area contributed by atoms with Crippen molar-refractivity contribution < 1.29 is 24.1 Å². The molecule has 1 saturated heterocycles. The normalized spacial score (nSPS) is 39.0. The molecule has 4 fully saturated rings. The summed E-state index contributed by atoms with van der Waals surface area (Å²) in [6.45, 7) is 11.1. The molecule has 0 aromatic carbocycles. The lowest BCUT2D eigenvalue weighted by molar-refractivity contribution is -0.322. The molecular formula is C29H43NO5. The highest BCUT2D eigenvalue weighted by molar-refractivity contribution is 5.90. The minimum absolute atomic E-state index is 0.00653. The van der Waals surface area contributed by atoms with Crippen LogP contribution in [0.2, 0.25) is 0 Å². The van der Waals surface area contributed by atoms with Crippen molar-refractivity contribution in [3.63, 3.8) is 0 Å². The zero-order valence-corrected chi connectivity index (χ0v) is 21.9. The Kier molecular flexibility index (Phi) is 6.67. The molecular weight excluding hydrogens is 442 g/mol. The first kappa shape index (κ1) is 25.0. The van der Waals surface area contributed by atoms with Crippen molar-refractivity contribution in [3.8, 4) is 5.75 Å². The summed E-state index contributed by atoms with van der Waals surface area (Å²) in [6, 6.07) is 1.66. The molecule has 0 radical (unpaired) electrons. The van der Waals surface area contributed by atoms with E-state index in [1.54, 1.807) is 12.3 Å². The van der Waals surface area contributed by atoms with Crippen molar-refractivity contribution in [2.45, 2.75) is 97.9 Å². The Morgan fingerprint density at radius 2 is 1.89 bits per heavy atom. The van der Waals surface area contributed by atoms with E-state index in [-0.39, 0.29) is 34.2 Å². The van der Waals surface area contributed by atoms with Crippen LogP contribution in [0.1, 0.15) is 95.8 Å². The van der Waals surface area contributed by atoms with Crippen molar-refractivity contribution >= 4 is 5.97 Å². The van der Waals surface area contributed by atoms with Gasteiger partial charge in [0.25, 0.3) is 0 Å². The summed E-state index contributed by atoms with van der Waals surface area (Å²) in [4.78, 5) is 15.5. The maximum atomic E-state index is 11.6. The van der Waals surface area contributed by atoms with Crippen LogP contribution in [0.4, 0.5) is 0 Å². The number of carboxylic acids is 1. The zero-order valence-electron chi connectivity index (χ0n) is 21.9. The third-order valence-electron chi connectivity index (χ3n) is 10.4. The van der Waals surface area contributed by atoms with Crippen LogP contribution in [0.3, 0.4) is 0 Å². The summed E-state index contributed by atoms with van der Waals surface area (Å²) in [6.07, 6.45) is 13.9. The molecule has 35 heavy (non-hydrogen) atoms. The number of pyridine rings is 1. The molecule has 194 valence electrons. The van der Waals surface area contributed by atoms with Gasteiger partial charge in [-0.2, -0.15) is 0 Å². The molecule has 4 aliphatic rings. The van der Waals surface area contributed by atoms with Crippen LogP contribution in [-0.2, 0) is 9.47 Å². The van der Waals surface area contributed by atoms with Crippen molar-refractivity contribution in [2.75, 3.05) is 13.2 Å². The van der Waals surface area contributed by atoms with E-state index in [0.717, 1.165) is 19.4 Å². The Balaban J connectivity index is 1.31. The molecule has 6 nitrogen and oxygen atoms in total. The SMILES string of the molecule is CC1(C)CCC2[C@]3(C)CO[C@@H](C4CCCC4)O[C@@H]3CC[C@@]2(C)[C@@H]1CCOc1ccncc1C(=O)O. The molecule has 1 N–H and O–H groups in total.